The van der Waals surface area contributed by atoms with Crippen LogP contribution >= 0.6 is 23.2 Å². The minimum absolute atomic E-state index is 0.0756. The molecule has 124 valence electrons. The van der Waals surface area contributed by atoms with Crippen LogP contribution in [0.25, 0.3) is 11.1 Å². The van der Waals surface area contributed by atoms with Gasteiger partial charge in [0.05, 0.1) is 20.7 Å². The van der Waals surface area contributed by atoms with Crippen molar-refractivity contribution in [3.05, 3.63) is 92.5 Å². The van der Waals surface area contributed by atoms with Gasteiger partial charge in [-0.15, -0.1) is 0 Å². The van der Waals surface area contributed by atoms with Crippen molar-refractivity contribution in [3.8, 4) is 11.1 Å². The molecule has 0 fully saturated rings. The summed E-state index contributed by atoms with van der Waals surface area (Å²) in [6, 6.07) is 19.3. The van der Waals surface area contributed by atoms with Crippen molar-refractivity contribution < 1.29 is 4.92 Å². The van der Waals surface area contributed by atoms with Gasteiger partial charge in [-0.2, -0.15) is 0 Å². The molecule has 0 N–H and O–H groups in total. The monoisotopic (exact) mass is 370 g/mol. The molecule has 3 aromatic carbocycles. The lowest BCUT2D eigenvalue weighted by molar-refractivity contribution is -0.384. The first kappa shape index (κ1) is 17.1. The molecule has 0 radical (unpaired) electrons. The molecular formula is C19H12Cl2N2O2. The van der Waals surface area contributed by atoms with Gasteiger partial charge in [0.2, 0.25) is 0 Å². The van der Waals surface area contributed by atoms with Crippen LogP contribution in [0.2, 0.25) is 10.0 Å². The quantitative estimate of drug-likeness (QED) is 0.306. The van der Waals surface area contributed by atoms with Crippen molar-refractivity contribution >= 4 is 40.8 Å². The minimum Gasteiger partial charge on any atom is -0.258 e. The molecule has 0 bridgehead atoms. The average molecular weight is 371 g/mol. The Bertz CT molecular complexity index is 937. The number of non-ortho nitro benzene ring substituents is 1. The molecule has 3 rings (SSSR count). The third kappa shape index (κ3) is 4.24. The van der Waals surface area contributed by atoms with Crippen LogP contribution in [-0.4, -0.2) is 11.1 Å². The first-order valence-electron chi connectivity index (χ1n) is 7.37. The largest absolute Gasteiger partial charge is 0.269 e. The molecular weight excluding hydrogens is 359 g/mol. The third-order valence-corrected chi connectivity index (χ3v) is 4.32. The molecule has 3 aromatic rings. The van der Waals surface area contributed by atoms with Crippen LogP contribution in [-0.2, 0) is 0 Å². The highest BCUT2D eigenvalue weighted by atomic mass is 35.5. The summed E-state index contributed by atoms with van der Waals surface area (Å²) in [5.41, 5.74) is 3.59. The Balaban J connectivity index is 1.76. The van der Waals surface area contributed by atoms with E-state index in [2.05, 4.69) is 4.99 Å². The Morgan fingerprint density at radius 1 is 0.840 bits per heavy atom. The molecule has 6 heteroatoms. The Hall–Kier alpha value is -2.69. The van der Waals surface area contributed by atoms with Crippen LogP contribution < -0.4 is 0 Å². The van der Waals surface area contributed by atoms with Crippen molar-refractivity contribution in [2.75, 3.05) is 0 Å². The Kier molecular flexibility index (Phi) is 5.12. The van der Waals surface area contributed by atoms with E-state index in [1.54, 1.807) is 30.5 Å². The van der Waals surface area contributed by atoms with E-state index in [9.17, 15) is 10.1 Å². The molecule has 25 heavy (non-hydrogen) atoms. The molecule has 0 aliphatic carbocycles. The van der Waals surface area contributed by atoms with Crippen LogP contribution in [0.5, 0.6) is 0 Å². The number of nitro benzene ring substituents is 1. The summed E-state index contributed by atoms with van der Waals surface area (Å²) in [4.78, 5) is 14.7. The van der Waals surface area contributed by atoms with Crippen LogP contribution in [0.1, 0.15) is 5.56 Å². The van der Waals surface area contributed by atoms with Crippen molar-refractivity contribution in [1.29, 1.82) is 0 Å². The van der Waals surface area contributed by atoms with Gasteiger partial charge in [-0.3, -0.25) is 15.1 Å². The molecule has 0 saturated heterocycles. The smallest absolute Gasteiger partial charge is 0.258 e. The van der Waals surface area contributed by atoms with E-state index < -0.39 is 4.92 Å². The zero-order valence-electron chi connectivity index (χ0n) is 12.9. The van der Waals surface area contributed by atoms with E-state index in [1.165, 1.54) is 12.1 Å². The lowest BCUT2D eigenvalue weighted by atomic mass is 10.1. The van der Waals surface area contributed by atoms with E-state index in [1.807, 2.05) is 30.3 Å². The fraction of sp³-hybridized carbons (Fsp3) is 0. The van der Waals surface area contributed by atoms with Gasteiger partial charge in [0, 0.05) is 18.3 Å². The maximum Gasteiger partial charge on any atom is 0.269 e. The second-order valence-electron chi connectivity index (χ2n) is 5.28. The molecule has 4 nitrogen and oxygen atoms in total. The van der Waals surface area contributed by atoms with Gasteiger partial charge in [0.15, 0.2) is 0 Å². The number of aliphatic imine (C=N–C) groups is 1. The van der Waals surface area contributed by atoms with Gasteiger partial charge in [-0.05, 0) is 53.1 Å². The molecule has 0 aromatic heterocycles. The first-order chi connectivity index (χ1) is 12.0. The Labute approximate surface area is 154 Å². The number of nitrogens with zero attached hydrogens (tertiary/aromatic N) is 2. The van der Waals surface area contributed by atoms with Gasteiger partial charge >= 0.3 is 0 Å². The Morgan fingerprint density at radius 3 is 2.00 bits per heavy atom. The van der Waals surface area contributed by atoms with Crippen LogP contribution in [0.3, 0.4) is 0 Å². The first-order valence-corrected chi connectivity index (χ1v) is 8.12. The van der Waals surface area contributed by atoms with Crippen molar-refractivity contribution in [3.63, 3.8) is 0 Å². The van der Waals surface area contributed by atoms with E-state index in [0.29, 0.717) is 10.0 Å². The third-order valence-electron chi connectivity index (χ3n) is 3.59. The lowest BCUT2D eigenvalue weighted by Gasteiger charge is -2.02. The SMILES string of the molecule is O=[N+]([O-])c1ccc(-c2ccc(N=Cc3ccc(Cl)c(Cl)c3)cc2)cc1. The second kappa shape index (κ2) is 7.47. The summed E-state index contributed by atoms with van der Waals surface area (Å²) < 4.78 is 0. The molecule has 0 aliphatic rings. The molecule has 0 amide bonds. The predicted molar refractivity (Wildman–Crippen MR) is 102 cm³/mol. The normalized spacial score (nSPS) is 11.0. The summed E-state index contributed by atoms with van der Waals surface area (Å²) in [5.74, 6) is 0. The summed E-state index contributed by atoms with van der Waals surface area (Å²) in [5, 5.41) is 11.7. The number of hydrogen-bond donors (Lipinski definition) is 0. The van der Waals surface area contributed by atoms with Crippen molar-refractivity contribution in [2.24, 2.45) is 4.99 Å². The number of nitro groups is 1. The van der Waals surface area contributed by atoms with Gasteiger partial charge < -0.3 is 0 Å². The van der Waals surface area contributed by atoms with Gasteiger partial charge in [-0.1, -0.05) is 41.4 Å². The maximum absolute atomic E-state index is 10.7. The van der Waals surface area contributed by atoms with Crippen molar-refractivity contribution in [1.82, 2.24) is 0 Å². The maximum atomic E-state index is 10.7. The molecule has 0 atom stereocenters. The number of halogens is 2. The standard InChI is InChI=1S/C19H12Cl2N2O2/c20-18-10-1-13(11-19(18)21)12-22-16-6-2-14(3-7-16)15-4-8-17(9-5-15)23(24)25/h1-12H. The number of hydrogen-bond acceptors (Lipinski definition) is 3. The fourth-order valence-corrected chi connectivity index (χ4v) is 2.56. The summed E-state index contributed by atoms with van der Waals surface area (Å²) in [6.45, 7) is 0. The molecule has 0 heterocycles. The highest BCUT2D eigenvalue weighted by Crippen LogP contribution is 2.25. The summed E-state index contributed by atoms with van der Waals surface area (Å²) in [7, 11) is 0. The molecule has 0 unspecified atom stereocenters. The minimum atomic E-state index is -0.412. The van der Waals surface area contributed by atoms with E-state index >= 15 is 0 Å². The van der Waals surface area contributed by atoms with E-state index in [0.717, 1.165) is 22.4 Å². The number of benzene rings is 3. The van der Waals surface area contributed by atoms with Crippen LogP contribution in [0.15, 0.2) is 71.7 Å². The summed E-state index contributed by atoms with van der Waals surface area (Å²) >= 11 is 11.9. The fourth-order valence-electron chi connectivity index (χ4n) is 2.26. The molecule has 0 saturated carbocycles. The number of rotatable bonds is 4. The van der Waals surface area contributed by atoms with Crippen molar-refractivity contribution in [2.45, 2.75) is 0 Å². The zero-order valence-corrected chi connectivity index (χ0v) is 14.4. The van der Waals surface area contributed by atoms with Crippen LogP contribution in [0, 0.1) is 10.1 Å². The predicted octanol–water partition coefficient (Wildman–Crippen LogP) is 6.32. The van der Waals surface area contributed by atoms with E-state index in [4.69, 9.17) is 23.2 Å². The average Bonchev–Trinajstić information content (AvgIpc) is 2.63. The molecule has 0 spiro atoms. The van der Waals surface area contributed by atoms with Gasteiger partial charge in [0.25, 0.3) is 5.69 Å². The highest BCUT2D eigenvalue weighted by molar-refractivity contribution is 6.42. The van der Waals surface area contributed by atoms with Gasteiger partial charge in [-0.25, -0.2) is 0 Å². The van der Waals surface area contributed by atoms with Crippen LogP contribution in [0.4, 0.5) is 11.4 Å². The van der Waals surface area contributed by atoms with Gasteiger partial charge in [0.1, 0.15) is 0 Å². The topological polar surface area (TPSA) is 55.5 Å². The highest BCUT2D eigenvalue weighted by Gasteiger charge is 2.05. The summed E-state index contributed by atoms with van der Waals surface area (Å²) in [6.07, 6.45) is 1.71. The second-order valence-corrected chi connectivity index (χ2v) is 6.10. The Morgan fingerprint density at radius 2 is 1.44 bits per heavy atom. The van der Waals surface area contributed by atoms with E-state index in [-0.39, 0.29) is 5.69 Å². The molecule has 0 aliphatic heterocycles. The lowest BCUT2D eigenvalue weighted by Crippen LogP contribution is -1.87. The zero-order chi connectivity index (χ0) is 17.8.